The van der Waals surface area contributed by atoms with Crippen molar-refractivity contribution in [3.63, 3.8) is 0 Å². The van der Waals surface area contributed by atoms with Crippen LogP contribution in [0.1, 0.15) is 18.0 Å². The predicted octanol–water partition coefficient (Wildman–Crippen LogP) is 3.28. The molecule has 2 unspecified atom stereocenters. The Kier molecular flexibility index (Phi) is 3.54. The second-order valence-electron chi connectivity index (χ2n) is 4.90. The lowest BCUT2D eigenvalue weighted by Gasteiger charge is -2.14. The molecule has 1 aliphatic heterocycles. The number of pyridine rings is 1. The number of carbonyl (C=O) groups is 1. The van der Waals surface area contributed by atoms with Gasteiger partial charge in [0.25, 0.3) is 0 Å². The van der Waals surface area contributed by atoms with Gasteiger partial charge in [-0.3, -0.25) is 4.79 Å². The van der Waals surface area contributed by atoms with Crippen molar-refractivity contribution in [3.8, 4) is 0 Å². The molecule has 0 saturated carbocycles. The summed E-state index contributed by atoms with van der Waals surface area (Å²) < 4.78 is 0. The van der Waals surface area contributed by atoms with Crippen LogP contribution < -0.4 is 5.32 Å². The van der Waals surface area contributed by atoms with Crippen LogP contribution in [-0.2, 0) is 4.79 Å². The van der Waals surface area contributed by atoms with Crippen LogP contribution in [0.4, 0.5) is 0 Å². The summed E-state index contributed by atoms with van der Waals surface area (Å²) in [6.07, 6.45) is 0.543. The number of nitrogens with zero attached hydrogens (tertiary/aromatic N) is 1. The van der Waals surface area contributed by atoms with Crippen LogP contribution in [0.3, 0.4) is 0 Å². The molecule has 3 rings (SSSR count). The Labute approximate surface area is 125 Å². The van der Waals surface area contributed by atoms with Gasteiger partial charge < -0.3 is 10.4 Å². The molecular formula is C14H12Cl2N2O2. The largest absolute Gasteiger partial charge is 0.481 e. The van der Waals surface area contributed by atoms with Crippen molar-refractivity contribution in [2.75, 3.05) is 6.54 Å². The average Bonchev–Trinajstić information content (AvgIpc) is 2.88. The van der Waals surface area contributed by atoms with Gasteiger partial charge in [-0.2, -0.15) is 0 Å². The Bertz CT molecular complexity index is 690. The molecule has 1 aliphatic rings. The van der Waals surface area contributed by atoms with Gasteiger partial charge in [-0.15, -0.1) is 0 Å². The third kappa shape index (κ3) is 2.35. The first kappa shape index (κ1) is 13.6. The Morgan fingerprint density at radius 1 is 1.30 bits per heavy atom. The van der Waals surface area contributed by atoms with E-state index < -0.39 is 5.97 Å². The summed E-state index contributed by atoms with van der Waals surface area (Å²) in [5, 5.41) is 14.1. The lowest BCUT2D eigenvalue weighted by Crippen LogP contribution is -2.17. The standard InChI is InChI=1S/C14H12Cl2N2O2/c15-12-4-2-8-10(18-12)3-1-9(13(8)16)11-5-7(6-17-11)14(19)20/h1-4,7,11,17H,5-6H2,(H,19,20). The first-order valence-electron chi connectivity index (χ1n) is 6.27. The average molecular weight is 311 g/mol. The highest BCUT2D eigenvalue weighted by Gasteiger charge is 2.31. The van der Waals surface area contributed by atoms with E-state index >= 15 is 0 Å². The molecule has 2 atom stereocenters. The lowest BCUT2D eigenvalue weighted by atomic mass is 9.98. The maximum atomic E-state index is 11.0. The van der Waals surface area contributed by atoms with Crippen molar-refractivity contribution in [2.45, 2.75) is 12.5 Å². The minimum Gasteiger partial charge on any atom is -0.481 e. The van der Waals surface area contributed by atoms with Gasteiger partial charge in [-0.05, 0) is 30.2 Å². The van der Waals surface area contributed by atoms with Gasteiger partial charge >= 0.3 is 5.97 Å². The lowest BCUT2D eigenvalue weighted by molar-refractivity contribution is -0.141. The fourth-order valence-corrected chi connectivity index (χ4v) is 3.10. The van der Waals surface area contributed by atoms with Gasteiger partial charge in [0.2, 0.25) is 0 Å². The van der Waals surface area contributed by atoms with Gasteiger partial charge in [0, 0.05) is 18.0 Å². The number of fused-ring (bicyclic) bond motifs is 1. The molecule has 0 amide bonds. The van der Waals surface area contributed by atoms with E-state index in [9.17, 15) is 4.79 Å². The van der Waals surface area contributed by atoms with Crippen LogP contribution >= 0.6 is 23.2 Å². The summed E-state index contributed by atoms with van der Waals surface area (Å²) in [6.45, 7) is 0.466. The number of hydrogen-bond acceptors (Lipinski definition) is 3. The Morgan fingerprint density at radius 2 is 2.10 bits per heavy atom. The van der Waals surface area contributed by atoms with Gasteiger partial charge in [0.15, 0.2) is 0 Å². The summed E-state index contributed by atoms with van der Waals surface area (Å²) >= 11 is 12.3. The molecule has 0 radical (unpaired) electrons. The van der Waals surface area contributed by atoms with Crippen molar-refractivity contribution < 1.29 is 9.90 Å². The highest BCUT2D eigenvalue weighted by Crippen LogP contribution is 2.35. The highest BCUT2D eigenvalue weighted by molar-refractivity contribution is 6.36. The van der Waals surface area contributed by atoms with E-state index in [1.165, 1.54) is 0 Å². The first-order valence-corrected chi connectivity index (χ1v) is 7.02. The van der Waals surface area contributed by atoms with Gasteiger partial charge in [0.05, 0.1) is 16.5 Å². The van der Waals surface area contributed by atoms with Crippen molar-refractivity contribution in [1.29, 1.82) is 0 Å². The molecule has 2 N–H and O–H groups in total. The second kappa shape index (κ2) is 5.20. The number of aliphatic carboxylic acids is 1. The minimum atomic E-state index is -0.773. The summed E-state index contributed by atoms with van der Waals surface area (Å²) in [4.78, 5) is 15.2. The molecule has 1 saturated heterocycles. The van der Waals surface area contributed by atoms with Crippen molar-refractivity contribution >= 4 is 40.1 Å². The molecule has 2 aromatic rings. The highest BCUT2D eigenvalue weighted by atomic mass is 35.5. The quantitative estimate of drug-likeness (QED) is 0.836. The van der Waals surface area contributed by atoms with Gasteiger partial charge in [-0.25, -0.2) is 4.98 Å². The van der Waals surface area contributed by atoms with E-state index in [1.54, 1.807) is 6.07 Å². The molecule has 0 spiro atoms. The zero-order valence-corrected chi connectivity index (χ0v) is 11.9. The molecule has 0 aliphatic carbocycles. The van der Waals surface area contributed by atoms with E-state index in [0.717, 1.165) is 16.5 Å². The van der Waals surface area contributed by atoms with Crippen LogP contribution in [0.25, 0.3) is 10.9 Å². The van der Waals surface area contributed by atoms with E-state index in [2.05, 4.69) is 10.3 Å². The molecule has 1 aromatic carbocycles. The number of carboxylic acid groups (broad SMARTS) is 1. The zero-order valence-electron chi connectivity index (χ0n) is 10.4. The van der Waals surface area contributed by atoms with Crippen LogP contribution in [0, 0.1) is 5.92 Å². The number of aromatic nitrogens is 1. The minimum absolute atomic E-state index is 0.0383. The van der Waals surface area contributed by atoms with Crippen molar-refractivity contribution in [2.24, 2.45) is 5.92 Å². The van der Waals surface area contributed by atoms with Crippen LogP contribution in [0.15, 0.2) is 24.3 Å². The fourth-order valence-electron chi connectivity index (χ4n) is 2.59. The maximum Gasteiger partial charge on any atom is 0.307 e. The zero-order chi connectivity index (χ0) is 14.3. The van der Waals surface area contributed by atoms with Crippen LogP contribution in [-0.4, -0.2) is 22.6 Å². The number of benzene rings is 1. The molecule has 2 heterocycles. The van der Waals surface area contributed by atoms with E-state index in [1.807, 2.05) is 18.2 Å². The molecule has 1 fully saturated rings. The summed E-state index contributed by atoms with van der Waals surface area (Å²) in [7, 11) is 0. The molecule has 1 aromatic heterocycles. The SMILES string of the molecule is O=C(O)C1CNC(c2ccc3nc(Cl)ccc3c2Cl)C1. The third-order valence-electron chi connectivity index (χ3n) is 3.66. The molecule has 104 valence electrons. The molecule has 6 heteroatoms. The number of nitrogens with one attached hydrogen (secondary N) is 1. The van der Waals surface area contributed by atoms with Crippen LogP contribution in [0.5, 0.6) is 0 Å². The first-order chi connectivity index (χ1) is 9.56. The fraction of sp³-hybridized carbons (Fsp3) is 0.286. The Morgan fingerprint density at radius 3 is 2.80 bits per heavy atom. The normalized spacial score (nSPS) is 22.3. The van der Waals surface area contributed by atoms with Gasteiger partial charge in [-0.1, -0.05) is 29.3 Å². The van der Waals surface area contributed by atoms with E-state index in [4.69, 9.17) is 28.3 Å². The van der Waals surface area contributed by atoms with Crippen molar-refractivity contribution in [3.05, 3.63) is 40.0 Å². The Balaban J connectivity index is 1.99. The number of carboxylic acids is 1. The van der Waals surface area contributed by atoms with Gasteiger partial charge in [0.1, 0.15) is 5.15 Å². The summed E-state index contributed by atoms with van der Waals surface area (Å²) in [6, 6.07) is 7.24. The number of hydrogen-bond donors (Lipinski definition) is 2. The topological polar surface area (TPSA) is 62.2 Å². The van der Waals surface area contributed by atoms with Crippen LogP contribution in [0.2, 0.25) is 10.2 Å². The number of halogens is 2. The van der Waals surface area contributed by atoms with Crippen molar-refractivity contribution in [1.82, 2.24) is 10.3 Å². The summed E-state index contributed by atoms with van der Waals surface area (Å²) in [5.41, 5.74) is 1.64. The third-order valence-corrected chi connectivity index (χ3v) is 4.29. The maximum absolute atomic E-state index is 11.0. The molecule has 4 nitrogen and oxygen atoms in total. The second-order valence-corrected chi connectivity index (χ2v) is 5.67. The Hall–Kier alpha value is -1.36. The van der Waals surface area contributed by atoms with E-state index in [-0.39, 0.29) is 12.0 Å². The monoisotopic (exact) mass is 310 g/mol. The molecule has 0 bridgehead atoms. The predicted molar refractivity (Wildman–Crippen MR) is 78.2 cm³/mol. The summed E-state index contributed by atoms with van der Waals surface area (Å²) in [5.74, 6) is -1.14. The molecule has 20 heavy (non-hydrogen) atoms. The smallest absolute Gasteiger partial charge is 0.307 e. The number of rotatable bonds is 2. The molecular weight excluding hydrogens is 299 g/mol. The van der Waals surface area contributed by atoms with E-state index in [0.29, 0.717) is 23.1 Å².